The van der Waals surface area contributed by atoms with Crippen LogP contribution in [0.15, 0.2) is 30.5 Å². The number of ether oxygens (including phenoxy) is 1. The molecule has 1 aromatic heterocycles. The first kappa shape index (κ1) is 11.7. The molecule has 2 aromatic rings. The first-order valence-electron chi connectivity index (χ1n) is 4.77. The molecule has 2 N–H and O–H groups in total. The van der Waals surface area contributed by atoms with E-state index in [4.69, 9.17) is 10.5 Å². The van der Waals surface area contributed by atoms with Gasteiger partial charge in [-0.15, -0.1) is 0 Å². The van der Waals surface area contributed by atoms with Crippen LogP contribution in [0.4, 0.5) is 15.9 Å². The molecular weight excluding hydrogens is 243 g/mol. The Hall–Kier alpha value is -2.77. The fourth-order valence-electron chi connectivity index (χ4n) is 1.24. The lowest BCUT2D eigenvalue weighted by Gasteiger charge is -2.05. The highest BCUT2D eigenvalue weighted by Gasteiger charge is 2.21. The molecule has 0 radical (unpaired) electrons. The maximum absolute atomic E-state index is 13.5. The van der Waals surface area contributed by atoms with Gasteiger partial charge in [0.15, 0.2) is 5.82 Å². The van der Waals surface area contributed by atoms with Gasteiger partial charge in [-0.1, -0.05) is 6.07 Å². The van der Waals surface area contributed by atoms with Crippen LogP contribution in [0.2, 0.25) is 0 Å². The summed E-state index contributed by atoms with van der Waals surface area (Å²) in [6.07, 6.45) is 1.30. The molecule has 0 aliphatic rings. The molecule has 0 aliphatic carbocycles. The summed E-state index contributed by atoms with van der Waals surface area (Å²) in [5.41, 5.74) is 4.88. The molecule has 0 saturated heterocycles. The largest absolute Gasteiger partial charge is 0.414 e. The number of aromatic nitrogens is 2. The zero-order chi connectivity index (χ0) is 13.1. The van der Waals surface area contributed by atoms with E-state index in [-0.39, 0.29) is 11.8 Å². The van der Waals surface area contributed by atoms with E-state index in [9.17, 15) is 14.5 Å². The van der Waals surface area contributed by atoms with Crippen LogP contribution in [0.1, 0.15) is 0 Å². The van der Waals surface area contributed by atoms with E-state index in [1.165, 1.54) is 18.3 Å². The van der Waals surface area contributed by atoms with E-state index in [0.29, 0.717) is 0 Å². The summed E-state index contributed by atoms with van der Waals surface area (Å²) < 4.78 is 18.4. The summed E-state index contributed by atoms with van der Waals surface area (Å²) in [5.74, 6) is -1.32. The number of hydrogen-bond acceptors (Lipinski definition) is 6. The third-order valence-corrected chi connectivity index (χ3v) is 1.99. The molecule has 2 rings (SSSR count). The van der Waals surface area contributed by atoms with Crippen molar-refractivity contribution in [1.29, 1.82) is 0 Å². The number of anilines is 1. The van der Waals surface area contributed by atoms with Crippen molar-refractivity contribution in [1.82, 2.24) is 9.97 Å². The van der Waals surface area contributed by atoms with E-state index < -0.39 is 22.2 Å². The van der Waals surface area contributed by atoms with Gasteiger partial charge >= 0.3 is 11.7 Å². The van der Waals surface area contributed by atoms with Crippen LogP contribution in [-0.4, -0.2) is 14.9 Å². The Morgan fingerprint density at radius 2 is 2.17 bits per heavy atom. The molecule has 1 aromatic carbocycles. The van der Waals surface area contributed by atoms with Crippen LogP contribution in [0.3, 0.4) is 0 Å². The molecule has 0 unspecified atom stereocenters. The van der Waals surface area contributed by atoms with Crippen LogP contribution in [0, 0.1) is 15.9 Å². The molecule has 7 nitrogen and oxygen atoms in total. The highest BCUT2D eigenvalue weighted by Crippen LogP contribution is 2.32. The van der Waals surface area contributed by atoms with Gasteiger partial charge in [-0.25, -0.2) is 9.37 Å². The lowest BCUT2D eigenvalue weighted by Crippen LogP contribution is -2.00. The van der Waals surface area contributed by atoms with Gasteiger partial charge in [0.1, 0.15) is 5.82 Å². The third-order valence-electron chi connectivity index (χ3n) is 1.99. The maximum Gasteiger partial charge on any atom is 0.324 e. The van der Waals surface area contributed by atoms with Crippen LogP contribution < -0.4 is 10.5 Å². The standard InChI is InChI=1S/C10H7FN4O3/c11-6-2-1-3-7(15(16)17)9(6)18-10-13-5-4-8(12)14-10/h1-5H,(H2,12,13,14). The molecule has 0 amide bonds. The van der Waals surface area contributed by atoms with Gasteiger partial charge in [-0.3, -0.25) is 10.1 Å². The second-order valence-electron chi connectivity index (χ2n) is 3.21. The maximum atomic E-state index is 13.5. The SMILES string of the molecule is Nc1ccnc(Oc2c(F)cccc2[N+](=O)[O-])n1. The van der Waals surface area contributed by atoms with E-state index in [1.807, 2.05) is 0 Å². The average Bonchev–Trinajstić information content (AvgIpc) is 2.31. The summed E-state index contributed by atoms with van der Waals surface area (Å²) in [4.78, 5) is 17.3. The molecule has 18 heavy (non-hydrogen) atoms. The van der Waals surface area contributed by atoms with Crippen molar-refractivity contribution in [2.75, 3.05) is 5.73 Å². The number of para-hydroxylation sites is 1. The first-order chi connectivity index (χ1) is 8.58. The van der Waals surface area contributed by atoms with Crippen LogP contribution in [0.25, 0.3) is 0 Å². The number of halogens is 1. The first-order valence-corrected chi connectivity index (χ1v) is 4.77. The van der Waals surface area contributed by atoms with Gasteiger partial charge in [0, 0.05) is 12.3 Å². The zero-order valence-electron chi connectivity index (χ0n) is 8.91. The monoisotopic (exact) mass is 250 g/mol. The van der Waals surface area contributed by atoms with E-state index in [2.05, 4.69) is 9.97 Å². The zero-order valence-corrected chi connectivity index (χ0v) is 8.91. The average molecular weight is 250 g/mol. The minimum absolute atomic E-state index is 0.110. The summed E-state index contributed by atoms with van der Waals surface area (Å²) in [6, 6.07) is 4.51. The van der Waals surface area contributed by atoms with Crippen molar-refractivity contribution in [3.05, 3.63) is 46.4 Å². The second-order valence-corrected chi connectivity index (χ2v) is 3.21. The second kappa shape index (κ2) is 4.62. The fourth-order valence-corrected chi connectivity index (χ4v) is 1.24. The molecule has 0 aliphatic heterocycles. The summed E-state index contributed by atoms with van der Waals surface area (Å²) in [5, 5.41) is 10.7. The van der Waals surface area contributed by atoms with Crippen molar-refractivity contribution < 1.29 is 14.1 Å². The number of nitrogen functional groups attached to an aromatic ring is 1. The van der Waals surface area contributed by atoms with E-state index >= 15 is 0 Å². The molecule has 0 fully saturated rings. The summed E-state index contributed by atoms with van der Waals surface area (Å²) in [6.45, 7) is 0. The number of rotatable bonds is 3. The Morgan fingerprint density at radius 3 is 2.83 bits per heavy atom. The van der Waals surface area contributed by atoms with Crippen molar-refractivity contribution >= 4 is 11.5 Å². The minimum Gasteiger partial charge on any atom is -0.414 e. The number of benzene rings is 1. The number of nitrogens with two attached hydrogens (primary N) is 1. The molecule has 0 atom stereocenters. The van der Waals surface area contributed by atoms with Crippen LogP contribution in [0.5, 0.6) is 11.8 Å². The van der Waals surface area contributed by atoms with E-state index in [0.717, 1.165) is 12.1 Å². The highest BCUT2D eigenvalue weighted by atomic mass is 19.1. The van der Waals surface area contributed by atoms with Crippen molar-refractivity contribution in [2.24, 2.45) is 0 Å². The predicted octanol–water partition coefficient (Wildman–Crippen LogP) is 1.90. The predicted molar refractivity (Wildman–Crippen MR) is 59.6 cm³/mol. The fraction of sp³-hybridized carbons (Fsp3) is 0. The van der Waals surface area contributed by atoms with Crippen molar-refractivity contribution in [3.63, 3.8) is 0 Å². The minimum atomic E-state index is -0.879. The van der Waals surface area contributed by atoms with Crippen LogP contribution in [-0.2, 0) is 0 Å². The van der Waals surface area contributed by atoms with Gasteiger partial charge in [-0.05, 0) is 12.1 Å². The molecule has 0 bridgehead atoms. The number of nitro groups is 1. The van der Waals surface area contributed by atoms with Gasteiger partial charge in [0.2, 0.25) is 5.75 Å². The van der Waals surface area contributed by atoms with Gasteiger partial charge in [-0.2, -0.15) is 4.98 Å². The normalized spacial score (nSPS) is 10.1. The molecule has 1 heterocycles. The molecule has 8 heteroatoms. The molecule has 0 spiro atoms. The molecular formula is C10H7FN4O3. The van der Waals surface area contributed by atoms with Crippen LogP contribution >= 0.6 is 0 Å². The Kier molecular flexibility index (Phi) is 3.00. The number of hydrogen-bond donors (Lipinski definition) is 1. The summed E-state index contributed by atoms with van der Waals surface area (Å²) >= 11 is 0. The molecule has 92 valence electrons. The Bertz CT molecular complexity index is 605. The number of nitro benzene ring substituents is 1. The highest BCUT2D eigenvalue weighted by molar-refractivity contribution is 5.48. The topological polar surface area (TPSA) is 104 Å². The Balaban J connectivity index is 2.42. The lowest BCUT2D eigenvalue weighted by molar-refractivity contribution is -0.385. The van der Waals surface area contributed by atoms with Crippen molar-refractivity contribution in [2.45, 2.75) is 0 Å². The smallest absolute Gasteiger partial charge is 0.324 e. The molecule has 0 saturated carbocycles. The number of nitrogens with zero attached hydrogens (tertiary/aromatic N) is 3. The van der Waals surface area contributed by atoms with Gasteiger partial charge in [0.25, 0.3) is 0 Å². The lowest BCUT2D eigenvalue weighted by atomic mass is 10.3. The van der Waals surface area contributed by atoms with E-state index in [1.54, 1.807) is 0 Å². The summed E-state index contributed by atoms with van der Waals surface area (Å²) in [7, 11) is 0. The van der Waals surface area contributed by atoms with Crippen molar-refractivity contribution in [3.8, 4) is 11.8 Å². The third kappa shape index (κ3) is 2.32. The van der Waals surface area contributed by atoms with Gasteiger partial charge < -0.3 is 10.5 Å². The quantitative estimate of drug-likeness (QED) is 0.658. The van der Waals surface area contributed by atoms with Gasteiger partial charge in [0.05, 0.1) is 4.92 Å². The Morgan fingerprint density at radius 1 is 1.39 bits per heavy atom. The Labute approximate surface area is 100 Å².